The van der Waals surface area contributed by atoms with Gasteiger partial charge in [0.1, 0.15) is 0 Å². The van der Waals surface area contributed by atoms with Crippen molar-refractivity contribution in [3.8, 4) is 0 Å². The molecule has 0 heterocycles. The van der Waals surface area contributed by atoms with E-state index in [1.165, 1.54) is 0 Å². The number of aliphatic hydroxyl groups excluding tert-OH is 2. The maximum atomic E-state index is 11.2. The van der Waals surface area contributed by atoms with Crippen molar-refractivity contribution in [1.29, 1.82) is 0 Å². The van der Waals surface area contributed by atoms with Crippen molar-refractivity contribution in [2.24, 2.45) is 5.41 Å². The molecule has 1 rings (SSSR count). The topological polar surface area (TPSA) is 57.5 Å². The SMILES string of the molecule is CC(O)CCC1(CCC(C)O)C=CC(=O)CC1. The largest absolute Gasteiger partial charge is 0.393 e. The monoisotopic (exact) mass is 240 g/mol. The third-order valence-corrected chi connectivity index (χ3v) is 3.61. The van der Waals surface area contributed by atoms with Crippen LogP contribution in [0.3, 0.4) is 0 Å². The average Bonchev–Trinajstić information content (AvgIpc) is 2.27. The van der Waals surface area contributed by atoms with Crippen molar-refractivity contribution in [2.75, 3.05) is 0 Å². The Morgan fingerprint density at radius 1 is 1.24 bits per heavy atom. The van der Waals surface area contributed by atoms with Gasteiger partial charge >= 0.3 is 0 Å². The molecular formula is C14H24O3. The van der Waals surface area contributed by atoms with Crippen LogP contribution in [0.15, 0.2) is 12.2 Å². The Hall–Kier alpha value is -0.670. The molecule has 0 aromatic heterocycles. The van der Waals surface area contributed by atoms with Gasteiger partial charge in [0, 0.05) is 6.42 Å². The molecule has 2 unspecified atom stereocenters. The molecule has 0 fully saturated rings. The molecule has 2 N–H and O–H groups in total. The van der Waals surface area contributed by atoms with Crippen molar-refractivity contribution in [1.82, 2.24) is 0 Å². The van der Waals surface area contributed by atoms with Gasteiger partial charge in [-0.2, -0.15) is 0 Å². The third kappa shape index (κ3) is 5.00. The van der Waals surface area contributed by atoms with E-state index in [0.717, 1.165) is 32.1 Å². The molecule has 3 nitrogen and oxygen atoms in total. The molecule has 0 bridgehead atoms. The molecule has 0 aromatic rings. The zero-order valence-electron chi connectivity index (χ0n) is 10.9. The highest BCUT2D eigenvalue weighted by Gasteiger charge is 2.30. The Bertz CT molecular complexity index is 267. The highest BCUT2D eigenvalue weighted by atomic mass is 16.3. The summed E-state index contributed by atoms with van der Waals surface area (Å²) in [5, 5.41) is 18.8. The molecule has 0 saturated carbocycles. The van der Waals surface area contributed by atoms with Crippen LogP contribution in [0.25, 0.3) is 0 Å². The van der Waals surface area contributed by atoms with Gasteiger partial charge in [0.05, 0.1) is 12.2 Å². The van der Waals surface area contributed by atoms with E-state index in [1.807, 2.05) is 6.08 Å². The van der Waals surface area contributed by atoms with Gasteiger partial charge in [-0.25, -0.2) is 0 Å². The van der Waals surface area contributed by atoms with E-state index >= 15 is 0 Å². The first-order valence-electron chi connectivity index (χ1n) is 6.52. The summed E-state index contributed by atoms with van der Waals surface area (Å²) in [6.07, 6.45) is 7.79. The molecule has 0 amide bonds. The summed E-state index contributed by atoms with van der Waals surface area (Å²) < 4.78 is 0. The van der Waals surface area contributed by atoms with Crippen LogP contribution < -0.4 is 0 Å². The average molecular weight is 240 g/mol. The Labute approximate surface area is 104 Å². The van der Waals surface area contributed by atoms with Gasteiger partial charge in [-0.05, 0) is 57.4 Å². The Morgan fingerprint density at radius 3 is 2.12 bits per heavy atom. The molecule has 1 aliphatic carbocycles. The van der Waals surface area contributed by atoms with E-state index in [-0.39, 0.29) is 23.4 Å². The van der Waals surface area contributed by atoms with Crippen LogP contribution in [0.2, 0.25) is 0 Å². The Kier molecular flexibility index (Phi) is 5.34. The maximum absolute atomic E-state index is 11.2. The fourth-order valence-electron chi connectivity index (χ4n) is 2.34. The lowest BCUT2D eigenvalue weighted by Crippen LogP contribution is -2.26. The summed E-state index contributed by atoms with van der Waals surface area (Å²) in [4.78, 5) is 11.2. The number of rotatable bonds is 6. The van der Waals surface area contributed by atoms with Gasteiger partial charge in [-0.3, -0.25) is 4.79 Å². The summed E-state index contributed by atoms with van der Waals surface area (Å²) in [5.41, 5.74) is 0.00188. The highest BCUT2D eigenvalue weighted by Crippen LogP contribution is 2.39. The number of hydrogen-bond acceptors (Lipinski definition) is 3. The Morgan fingerprint density at radius 2 is 1.76 bits per heavy atom. The van der Waals surface area contributed by atoms with E-state index in [2.05, 4.69) is 0 Å². The fraction of sp³-hybridized carbons (Fsp3) is 0.786. The first-order chi connectivity index (χ1) is 7.93. The number of allylic oxidation sites excluding steroid dienone is 2. The zero-order chi connectivity index (χ0) is 12.9. The van der Waals surface area contributed by atoms with E-state index in [4.69, 9.17) is 0 Å². The van der Waals surface area contributed by atoms with Gasteiger partial charge in [-0.15, -0.1) is 0 Å². The van der Waals surface area contributed by atoms with Crippen LogP contribution >= 0.6 is 0 Å². The summed E-state index contributed by atoms with van der Waals surface area (Å²) in [5.74, 6) is 0.190. The summed E-state index contributed by atoms with van der Waals surface area (Å²) >= 11 is 0. The predicted molar refractivity (Wildman–Crippen MR) is 67.6 cm³/mol. The van der Waals surface area contributed by atoms with Crippen molar-refractivity contribution in [3.63, 3.8) is 0 Å². The molecule has 0 spiro atoms. The fourth-order valence-corrected chi connectivity index (χ4v) is 2.34. The summed E-state index contributed by atoms with van der Waals surface area (Å²) in [6.45, 7) is 3.58. The number of ketones is 1. The van der Waals surface area contributed by atoms with Crippen molar-refractivity contribution < 1.29 is 15.0 Å². The lowest BCUT2D eigenvalue weighted by atomic mass is 9.71. The van der Waals surface area contributed by atoms with E-state index in [0.29, 0.717) is 6.42 Å². The van der Waals surface area contributed by atoms with Crippen molar-refractivity contribution in [3.05, 3.63) is 12.2 Å². The normalized spacial score (nSPS) is 28.1. The van der Waals surface area contributed by atoms with E-state index in [9.17, 15) is 15.0 Å². The molecule has 98 valence electrons. The highest BCUT2D eigenvalue weighted by molar-refractivity contribution is 5.90. The quantitative estimate of drug-likeness (QED) is 0.748. The molecule has 1 aliphatic rings. The standard InChI is InChI=1S/C14H24O3/c1-11(15)3-7-14(8-4-12(2)16)9-5-13(17)6-10-14/h5,9,11-12,15-16H,3-4,6-8,10H2,1-2H3. The molecule has 3 heteroatoms. The van der Waals surface area contributed by atoms with Gasteiger partial charge in [0.25, 0.3) is 0 Å². The molecule has 2 atom stereocenters. The van der Waals surface area contributed by atoms with Gasteiger partial charge in [-0.1, -0.05) is 6.08 Å². The summed E-state index contributed by atoms with van der Waals surface area (Å²) in [6, 6.07) is 0. The lowest BCUT2D eigenvalue weighted by Gasteiger charge is -2.34. The second kappa shape index (κ2) is 6.31. The van der Waals surface area contributed by atoms with Crippen molar-refractivity contribution in [2.45, 2.75) is 64.6 Å². The van der Waals surface area contributed by atoms with Gasteiger partial charge < -0.3 is 10.2 Å². The first-order valence-corrected chi connectivity index (χ1v) is 6.52. The minimum atomic E-state index is -0.301. The van der Waals surface area contributed by atoms with Crippen LogP contribution in [0.4, 0.5) is 0 Å². The van der Waals surface area contributed by atoms with Gasteiger partial charge in [0.15, 0.2) is 5.78 Å². The second-order valence-corrected chi connectivity index (χ2v) is 5.44. The zero-order valence-corrected chi connectivity index (χ0v) is 10.9. The number of hydrogen-bond donors (Lipinski definition) is 2. The van der Waals surface area contributed by atoms with Crippen LogP contribution in [0.1, 0.15) is 52.4 Å². The molecular weight excluding hydrogens is 216 g/mol. The number of aliphatic hydroxyl groups is 2. The second-order valence-electron chi connectivity index (χ2n) is 5.44. The van der Waals surface area contributed by atoms with Crippen LogP contribution in [0.5, 0.6) is 0 Å². The minimum absolute atomic E-state index is 0.00188. The molecule has 0 radical (unpaired) electrons. The maximum Gasteiger partial charge on any atom is 0.155 e. The van der Waals surface area contributed by atoms with E-state index < -0.39 is 0 Å². The van der Waals surface area contributed by atoms with Crippen LogP contribution in [-0.2, 0) is 4.79 Å². The Balaban J connectivity index is 2.63. The lowest BCUT2D eigenvalue weighted by molar-refractivity contribution is -0.115. The van der Waals surface area contributed by atoms with Crippen LogP contribution in [-0.4, -0.2) is 28.2 Å². The van der Waals surface area contributed by atoms with Crippen LogP contribution in [0, 0.1) is 5.41 Å². The molecule has 0 aliphatic heterocycles. The first kappa shape index (κ1) is 14.4. The molecule has 0 aromatic carbocycles. The predicted octanol–water partition coefficient (Wildman–Crippen LogP) is 2.21. The third-order valence-electron chi connectivity index (χ3n) is 3.61. The molecule has 17 heavy (non-hydrogen) atoms. The van der Waals surface area contributed by atoms with Gasteiger partial charge in [0.2, 0.25) is 0 Å². The smallest absolute Gasteiger partial charge is 0.155 e. The number of carbonyl (C=O) groups excluding carboxylic acids is 1. The van der Waals surface area contributed by atoms with E-state index in [1.54, 1.807) is 19.9 Å². The summed E-state index contributed by atoms with van der Waals surface area (Å²) in [7, 11) is 0. The molecule has 0 saturated heterocycles. The van der Waals surface area contributed by atoms with Crippen molar-refractivity contribution >= 4 is 5.78 Å². The minimum Gasteiger partial charge on any atom is -0.393 e. The number of carbonyl (C=O) groups is 1.